The average Bonchev–Trinajstić information content (AvgIpc) is 2.92. The van der Waals surface area contributed by atoms with Crippen LogP contribution in [0, 0.1) is 0 Å². The molecule has 2 rings (SSSR count). The van der Waals surface area contributed by atoms with Crippen LogP contribution in [0.15, 0.2) is 49.3 Å². The molecule has 1 atom stereocenters. The minimum absolute atomic E-state index is 0.0128. The molecule has 0 saturated heterocycles. The van der Waals surface area contributed by atoms with E-state index in [1.165, 1.54) is 29.6 Å². The van der Waals surface area contributed by atoms with E-state index < -0.39 is 26.1 Å². The zero-order valence-electron chi connectivity index (χ0n) is 12.3. The third kappa shape index (κ3) is 4.01. The first-order chi connectivity index (χ1) is 10.5. The molecule has 1 aromatic heterocycles. The molecule has 23 heavy (non-hydrogen) atoms. The minimum Gasteiger partial charge on any atom is -0.225 e. The summed E-state index contributed by atoms with van der Waals surface area (Å²) in [6.07, 6.45) is 0. The van der Waals surface area contributed by atoms with Gasteiger partial charge in [0.25, 0.3) is 10.0 Å². The highest BCUT2D eigenvalue weighted by Crippen LogP contribution is 2.32. The Morgan fingerprint density at radius 1 is 1.09 bits per heavy atom. The molecule has 0 amide bonds. The third-order valence-electron chi connectivity index (χ3n) is 3.42. The third-order valence-corrected chi connectivity index (χ3v) is 8.37. The van der Waals surface area contributed by atoms with Crippen LogP contribution in [0.3, 0.4) is 0 Å². The lowest BCUT2D eigenvalue weighted by molar-refractivity contribution is 0.399. The van der Waals surface area contributed by atoms with Crippen LogP contribution in [0.5, 0.6) is 0 Å². The quantitative estimate of drug-likeness (QED) is 0.774. The summed E-state index contributed by atoms with van der Waals surface area (Å²) >= 11 is 4.38. The van der Waals surface area contributed by atoms with Gasteiger partial charge in [0, 0.05) is 13.1 Å². The van der Waals surface area contributed by atoms with Crippen LogP contribution in [0.4, 0.5) is 0 Å². The van der Waals surface area contributed by atoms with E-state index in [1.807, 2.05) is 0 Å². The van der Waals surface area contributed by atoms with Gasteiger partial charge in [0.05, 0.1) is 8.68 Å². The molecule has 2 aromatic rings. The first kappa shape index (κ1) is 18.6. The highest BCUT2D eigenvalue weighted by atomic mass is 79.9. The molecule has 2 N–H and O–H groups in total. The van der Waals surface area contributed by atoms with E-state index in [-0.39, 0.29) is 9.10 Å². The summed E-state index contributed by atoms with van der Waals surface area (Å²) in [5.41, 5.74) is 0.666. The van der Waals surface area contributed by atoms with Crippen molar-refractivity contribution in [3.8, 4) is 0 Å². The number of hydrogen-bond donors (Lipinski definition) is 1. The summed E-state index contributed by atoms with van der Waals surface area (Å²) in [5, 5.41) is 5.05. The van der Waals surface area contributed by atoms with Gasteiger partial charge in [-0.05, 0) is 52.7 Å². The summed E-state index contributed by atoms with van der Waals surface area (Å²) in [4.78, 5) is -0.0128. The molecule has 0 aliphatic rings. The lowest BCUT2D eigenvalue weighted by Gasteiger charge is -2.24. The van der Waals surface area contributed by atoms with E-state index in [1.54, 1.807) is 25.1 Å². The van der Waals surface area contributed by atoms with Crippen LogP contribution in [0.25, 0.3) is 0 Å². The van der Waals surface area contributed by atoms with E-state index in [0.29, 0.717) is 5.56 Å². The number of sulfonamides is 2. The predicted molar refractivity (Wildman–Crippen MR) is 93.2 cm³/mol. The van der Waals surface area contributed by atoms with Crippen LogP contribution >= 0.6 is 27.3 Å². The molecule has 0 spiro atoms. The van der Waals surface area contributed by atoms with Gasteiger partial charge in [0.2, 0.25) is 10.0 Å². The number of nitrogens with zero attached hydrogens (tertiary/aromatic N) is 1. The van der Waals surface area contributed by atoms with Crippen LogP contribution in [-0.4, -0.2) is 28.2 Å². The second-order valence-corrected chi connectivity index (χ2v) is 11.1. The summed E-state index contributed by atoms with van der Waals surface area (Å²) in [6.45, 7) is 1.73. The molecule has 1 heterocycles. The van der Waals surface area contributed by atoms with E-state index in [9.17, 15) is 16.8 Å². The zero-order valence-corrected chi connectivity index (χ0v) is 16.3. The molecule has 0 saturated carbocycles. The number of halogens is 1. The Balaban J connectivity index is 2.31. The van der Waals surface area contributed by atoms with Gasteiger partial charge in [-0.15, -0.1) is 11.3 Å². The standard InChI is InChI=1S/C13H15BrN2O4S3/c1-9(10-3-5-11(6-4-10)22(15,17)18)16(2)23(19,20)13-8-7-12(14)21-13/h3-9H,1-2H3,(H2,15,17,18). The van der Waals surface area contributed by atoms with Crippen molar-refractivity contribution in [2.24, 2.45) is 5.14 Å². The largest absolute Gasteiger partial charge is 0.252 e. The molecule has 10 heteroatoms. The molecule has 0 aliphatic heterocycles. The SMILES string of the molecule is CC(c1ccc(S(N)(=O)=O)cc1)N(C)S(=O)(=O)c1ccc(Br)s1. The van der Waals surface area contributed by atoms with E-state index in [0.717, 1.165) is 15.1 Å². The van der Waals surface area contributed by atoms with Gasteiger partial charge in [0.1, 0.15) is 4.21 Å². The molecule has 0 radical (unpaired) electrons. The first-order valence-corrected chi connectivity index (χ1v) is 11.0. The molecule has 0 bridgehead atoms. The van der Waals surface area contributed by atoms with Crippen molar-refractivity contribution < 1.29 is 16.8 Å². The number of rotatable bonds is 5. The van der Waals surface area contributed by atoms with Crippen molar-refractivity contribution in [1.82, 2.24) is 4.31 Å². The van der Waals surface area contributed by atoms with Crippen molar-refractivity contribution >= 4 is 47.3 Å². The second-order valence-electron chi connectivity index (χ2n) is 4.87. The minimum atomic E-state index is -3.77. The normalized spacial score (nSPS) is 14.1. The number of benzene rings is 1. The predicted octanol–water partition coefficient (Wildman–Crippen LogP) is 2.54. The highest BCUT2D eigenvalue weighted by molar-refractivity contribution is 9.11. The molecule has 1 aromatic carbocycles. The molecule has 0 fully saturated rings. The van der Waals surface area contributed by atoms with Crippen molar-refractivity contribution in [2.45, 2.75) is 22.1 Å². The molecule has 0 aliphatic carbocycles. The topological polar surface area (TPSA) is 97.5 Å². The smallest absolute Gasteiger partial charge is 0.225 e. The Kier molecular flexibility index (Phi) is 5.34. The van der Waals surface area contributed by atoms with Crippen LogP contribution in [0.2, 0.25) is 0 Å². The maximum atomic E-state index is 12.6. The highest BCUT2D eigenvalue weighted by Gasteiger charge is 2.27. The van der Waals surface area contributed by atoms with E-state index >= 15 is 0 Å². The van der Waals surface area contributed by atoms with Gasteiger partial charge in [-0.1, -0.05) is 12.1 Å². The summed E-state index contributed by atoms with van der Waals surface area (Å²) in [6, 6.07) is 8.60. The van der Waals surface area contributed by atoms with Gasteiger partial charge in [-0.2, -0.15) is 4.31 Å². The lowest BCUT2D eigenvalue weighted by atomic mass is 10.1. The fraction of sp³-hybridized carbons (Fsp3) is 0.231. The average molecular weight is 439 g/mol. The van der Waals surface area contributed by atoms with Gasteiger partial charge in [-0.25, -0.2) is 22.0 Å². The maximum Gasteiger partial charge on any atom is 0.252 e. The number of hydrogen-bond acceptors (Lipinski definition) is 5. The van der Waals surface area contributed by atoms with E-state index in [2.05, 4.69) is 15.9 Å². The molecule has 126 valence electrons. The monoisotopic (exact) mass is 438 g/mol. The summed E-state index contributed by atoms with van der Waals surface area (Å²) < 4.78 is 49.9. The molecule has 6 nitrogen and oxygen atoms in total. The zero-order chi connectivity index (χ0) is 17.4. The van der Waals surface area contributed by atoms with E-state index in [4.69, 9.17) is 5.14 Å². The van der Waals surface area contributed by atoms with Gasteiger partial charge < -0.3 is 0 Å². The fourth-order valence-electron chi connectivity index (χ4n) is 1.93. The Labute approximate surface area is 148 Å². The molecular formula is C13H15BrN2O4S3. The fourth-order valence-corrected chi connectivity index (χ4v) is 5.99. The molecule has 1 unspecified atom stereocenters. The van der Waals surface area contributed by atoms with Crippen molar-refractivity contribution in [2.75, 3.05) is 7.05 Å². The van der Waals surface area contributed by atoms with Gasteiger partial charge >= 0.3 is 0 Å². The van der Waals surface area contributed by atoms with Gasteiger partial charge in [-0.3, -0.25) is 0 Å². The summed E-state index contributed by atoms with van der Waals surface area (Å²) in [5.74, 6) is 0. The first-order valence-electron chi connectivity index (χ1n) is 6.39. The van der Waals surface area contributed by atoms with Crippen LogP contribution in [0.1, 0.15) is 18.5 Å². The Morgan fingerprint density at radius 3 is 2.09 bits per heavy atom. The number of thiophene rings is 1. The van der Waals surface area contributed by atoms with Crippen molar-refractivity contribution in [1.29, 1.82) is 0 Å². The van der Waals surface area contributed by atoms with Crippen molar-refractivity contribution in [3.63, 3.8) is 0 Å². The second kappa shape index (κ2) is 6.61. The van der Waals surface area contributed by atoms with Crippen LogP contribution in [-0.2, 0) is 20.0 Å². The van der Waals surface area contributed by atoms with Crippen LogP contribution < -0.4 is 5.14 Å². The number of nitrogens with two attached hydrogens (primary N) is 1. The summed E-state index contributed by atoms with van der Waals surface area (Å²) in [7, 11) is -5.91. The number of primary sulfonamides is 1. The Bertz CT molecular complexity index is 905. The Hall–Kier alpha value is -0.780. The van der Waals surface area contributed by atoms with Crippen molar-refractivity contribution in [3.05, 3.63) is 45.7 Å². The lowest BCUT2D eigenvalue weighted by Crippen LogP contribution is -2.29. The van der Waals surface area contributed by atoms with Gasteiger partial charge in [0.15, 0.2) is 0 Å². The molecular weight excluding hydrogens is 424 g/mol. The Morgan fingerprint density at radius 2 is 1.65 bits per heavy atom. The maximum absolute atomic E-state index is 12.6.